The number of hydrogen-bond acceptors (Lipinski definition) is 3. The molecule has 1 aromatic carbocycles. The predicted molar refractivity (Wildman–Crippen MR) is 77.1 cm³/mol. The van der Waals surface area contributed by atoms with Crippen LogP contribution in [-0.2, 0) is 9.53 Å². The summed E-state index contributed by atoms with van der Waals surface area (Å²) in [4.78, 5) is 11.8. The van der Waals surface area contributed by atoms with Crippen LogP contribution in [0.15, 0.2) is 18.2 Å². The molecule has 0 spiro atoms. The molecular formula is C12H15ClN2O2S. The minimum atomic E-state index is -0.242. The van der Waals surface area contributed by atoms with E-state index in [4.69, 9.17) is 34.3 Å². The van der Waals surface area contributed by atoms with Crippen LogP contribution in [-0.4, -0.2) is 24.1 Å². The normalized spacial score (nSPS) is 10.1. The molecule has 0 bridgehead atoms. The molecule has 1 amide bonds. The van der Waals surface area contributed by atoms with Gasteiger partial charge in [0.2, 0.25) is 5.91 Å². The van der Waals surface area contributed by atoms with Crippen LogP contribution in [0.5, 0.6) is 0 Å². The molecular weight excluding hydrogens is 272 g/mol. The molecule has 0 heterocycles. The summed E-state index contributed by atoms with van der Waals surface area (Å²) >= 11 is 10.8. The second-order valence-corrected chi connectivity index (χ2v) is 4.51. The molecule has 0 radical (unpaired) electrons. The van der Waals surface area contributed by atoms with Gasteiger partial charge < -0.3 is 15.8 Å². The first-order chi connectivity index (χ1) is 8.54. The lowest BCUT2D eigenvalue weighted by atomic mass is 10.2. The SMILES string of the molecule is CCCOCC(=O)Nc1ccc(C(N)=S)cc1Cl. The Labute approximate surface area is 116 Å². The number of carbonyl (C=O) groups is 1. The molecule has 3 N–H and O–H groups in total. The summed E-state index contributed by atoms with van der Waals surface area (Å²) in [7, 11) is 0. The Morgan fingerprint density at radius 2 is 2.28 bits per heavy atom. The third kappa shape index (κ3) is 4.60. The Balaban J connectivity index is 2.62. The van der Waals surface area contributed by atoms with Gasteiger partial charge in [0, 0.05) is 12.2 Å². The number of nitrogens with two attached hydrogens (primary N) is 1. The van der Waals surface area contributed by atoms with Crippen molar-refractivity contribution in [1.82, 2.24) is 0 Å². The monoisotopic (exact) mass is 286 g/mol. The number of rotatable bonds is 6. The highest BCUT2D eigenvalue weighted by atomic mass is 35.5. The summed E-state index contributed by atoms with van der Waals surface area (Å²) in [5, 5.41) is 3.05. The van der Waals surface area contributed by atoms with Crippen LogP contribution in [0.3, 0.4) is 0 Å². The first-order valence-electron chi connectivity index (χ1n) is 5.51. The molecule has 4 nitrogen and oxygen atoms in total. The van der Waals surface area contributed by atoms with Crippen LogP contribution in [0.25, 0.3) is 0 Å². The number of benzene rings is 1. The average Bonchev–Trinajstić information content (AvgIpc) is 2.32. The Kier molecular flexibility index (Phi) is 6.04. The Morgan fingerprint density at radius 1 is 1.56 bits per heavy atom. The molecule has 0 aromatic heterocycles. The summed E-state index contributed by atoms with van der Waals surface area (Å²) in [6.07, 6.45) is 0.872. The van der Waals surface area contributed by atoms with E-state index in [0.717, 1.165) is 6.42 Å². The molecule has 0 aliphatic heterocycles. The largest absolute Gasteiger partial charge is 0.389 e. The highest BCUT2D eigenvalue weighted by Crippen LogP contribution is 2.22. The van der Waals surface area contributed by atoms with E-state index >= 15 is 0 Å². The quantitative estimate of drug-likeness (QED) is 0.622. The standard InChI is InChI=1S/C12H15ClN2O2S/c1-2-5-17-7-11(16)15-10-4-3-8(12(14)18)6-9(10)13/h3-4,6H,2,5,7H2,1H3,(H2,14,18)(H,15,16). The van der Waals surface area contributed by atoms with E-state index in [1.807, 2.05) is 6.92 Å². The van der Waals surface area contributed by atoms with E-state index in [9.17, 15) is 4.79 Å². The molecule has 1 aromatic rings. The van der Waals surface area contributed by atoms with Gasteiger partial charge in [-0.1, -0.05) is 30.7 Å². The molecule has 0 aliphatic carbocycles. The van der Waals surface area contributed by atoms with Gasteiger partial charge in [-0.2, -0.15) is 0 Å². The number of carbonyl (C=O) groups excluding carboxylic acids is 1. The number of nitrogens with one attached hydrogen (secondary N) is 1. The van der Waals surface area contributed by atoms with Gasteiger partial charge in [0.15, 0.2) is 0 Å². The van der Waals surface area contributed by atoms with Gasteiger partial charge in [-0.15, -0.1) is 0 Å². The Morgan fingerprint density at radius 3 is 2.83 bits per heavy atom. The van der Waals surface area contributed by atoms with Crippen molar-refractivity contribution in [1.29, 1.82) is 0 Å². The van der Waals surface area contributed by atoms with Crippen molar-refractivity contribution in [3.8, 4) is 0 Å². The first-order valence-corrected chi connectivity index (χ1v) is 6.30. The molecule has 0 saturated heterocycles. The van der Waals surface area contributed by atoms with Crippen LogP contribution in [0, 0.1) is 0 Å². The topological polar surface area (TPSA) is 64.3 Å². The number of amides is 1. The van der Waals surface area contributed by atoms with Crippen molar-refractivity contribution in [3.05, 3.63) is 28.8 Å². The van der Waals surface area contributed by atoms with E-state index in [1.165, 1.54) is 0 Å². The van der Waals surface area contributed by atoms with E-state index in [0.29, 0.717) is 22.9 Å². The second kappa shape index (κ2) is 7.31. The van der Waals surface area contributed by atoms with Gasteiger partial charge in [-0.05, 0) is 24.6 Å². The van der Waals surface area contributed by atoms with Crippen molar-refractivity contribution < 1.29 is 9.53 Å². The van der Waals surface area contributed by atoms with Gasteiger partial charge in [-0.25, -0.2) is 0 Å². The fourth-order valence-corrected chi connectivity index (χ4v) is 1.62. The molecule has 0 aliphatic rings. The number of anilines is 1. The van der Waals surface area contributed by atoms with Gasteiger partial charge in [0.25, 0.3) is 0 Å². The maximum atomic E-state index is 11.5. The van der Waals surface area contributed by atoms with Crippen LogP contribution in [0.2, 0.25) is 5.02 Å². The predicted octanol–water partition coefficient (Wildman–Crippen LogP) is 2.34. The van der Waals surface area contributed by atoms with Crippen LogP contribution >= 0.6 is 23.8 Å². The third-order valence-corrected chi connectivity index (χ3v) is 2.66. The lowest BCUT2D eigenvalue weighted by molar-refractivity contribution is -0.120. The van der Waals surface area contributed by atoms with Crippen molar-refractivity contribution >= 4 is 40.4 Å². The fourth-order valence-electron chi connectivity index (χ4n) is 1.27. The Hall–Kier alpha value is -1.17. The molecule has 0 saturated carbocycles. The minimum Gasteiger partial charge on any atom is -0.389 e. The lowest BCUT2D eigenvalue weighted by Crippen LogP contribution is -2.19. The zero-order valence-electron chi connectivity index (χ0n) is 10.0. The number of hydrogen-bond donors (Lipinski definition) is 2. The molecule has 1 rings (SSSR count). The summed E-state index contributed by atoms with van der Waals surface area (Å²) in [6, 6.07) is 4.98. The van der Waals surface area contributed by atoms with E-state index < -0.39 is 0 Å². The van der Waals surface area contributed by atoms with Crippen molar-refractivity contribution in [3.63, 3.8) is 0 Å². The molecule has 0 fully saturated rings. The van der Waals surface area contributed by atoms with E-state index in [1.54, 1.807) is 18.2 Å². The van der Waals surface area contributed by atoms with Gasteiger partial charge in [-0.3, -0.25) is 4.79 Å². The van der Waals surface area contributed by atoms with Crippen LogP contribution < -0.4 is 11.1 Å². The van der Waals surface area contributed by atoms with E-state index in [-0.39, 0.29) is 17.5 Å². The number of ether oxygens (including phenoxy) is 1. The van der Waals surface area contributed by atoms with Gasteiger partial charge in [0.1, 0.15) is 11.6 Å². The zero-order valence-corrected chi connectivity index (χ0v) is 11.6. The van der Waals surface area contributed by atoms with Crippen molar-refractivity contribution in [2.75, 3.05) is 18.5 Å². The first kappa shape index (κ1) is 14.9. The molecule has 0 unspecified atom stereocenters. The van der Waals surface area contributed by atoms with Gasteiger partial charge in [0.05, 0.1) is 10.7 Å². The molecule has 0 atom stereocenters. The fraction of sp³-hybridized carbons (Fsp3) is 0.333. The van der Waals surface area contributed by atoms with Crippen LogP contribution in [0.4, 0.5) is 5.69 Å². The smallest absolute Gasteiger partial charge is 0.250 e. The maximum Gasteiger partial charge on any atom is 0.250 e. The summed E-state index contributed by atoms with van der Waals surface area (Å²) in [5.74, 6) is -0.242. The van der Waals surface area contributed by atoms with Crippen molar-refractivity contribution in [2.45, 2.75) is 13.3 Å². The second-order valence-electron chi connectivity index (χ2n) is 3.66. The summed E-state index contributed by atoms with van der Waals surface area (Å²) in [5.41, 5.74) is 6.66. The average molecular weight is 287 g/mol. The third-order valence-electron chi connectivity index (χ3n) is 2.11. The molecule has 18 heavy (non-hydrogen) atoms. The Bertz CT molecular complexity index is 452. The lowest BCUT2D eigenvalue weighted by Gasteiger charge is -2.08. The maximum absolute atomic E-state index is 11.5. The summed E-state index contributed by atoms with van der Waals surface area (Å²) in [6.45, 7) is 2.55. The highest BCUT2D eigenvalue weighted by Gasteiger charge is 2.07. The zero-order chi connectivity index (χ0) is 13.5. The van der Waals surface area contributed by atoms with Crippen molar-refractivity contribution in [2.24, 2.45) is 5.73 Å². The van der Waals surface area contributed by atoms with E-state index in [2.05, 4.69) is 5.32 Å². The molecule has 98 valence electrons. The number of thiocarbonyl (C=S) groups is 1. The summed E-state index contributed by atoms with van der Waals surface area (Å²) < 4.78 is 5.12. The minimum absolute atomic E-state index is 0.0151. The van der Waals surface area contributed by atoms with Gasteiger partial charge >= 0.3 is 0 Å². The number of halogens is 1. The molecule has 6 heteroatoms. The van der Waals surface area contributed by atoms with Crippen LogP contribution in [0.1, 0.15) is 18.9 Å². The highest BCUT2D eigenvalue weighted by molar-refractivity contribution is 7.80.